The molecular weight excluding hydrogens is 230 g/mol. The molecule has 0 amide bonds. The molecule has 3 rings (SSSR count). The molecule has 1 aromatic carbocycles. The molecule has 5 heteroatoms. The van der Waals surface area contributed by atoms with Crippen molar-refractivity contribution in [2.75, 3.05) is 6.61 Å². The van der Waals surface area contributed by atoms with Crippen molar-refractivity contribution < 1.29 is 9.26 Å². The lowest BCUT2D eigenvalue weighted by Crippen LogP contribution is -2.50. The van der Waals surface area contributed by atoms with E-state index in [1.807, 2.05) is 31.2 Å². The second-order valence-corrected chi connectivity index (χ2v) is 4.71. The molecule has 2 N–H and O–H groups in total. The summed E-state index contributed by atoms with van der Waals surface area (Å²) in [5.74, 6) is 1.90. The van der Waals surface area contributed by atoms with Crippen LogP contribution in [0.1, 0.15) is 24.2 Å². The average Bonchev–Trinajstić information content (AvgIpc) is 2.81. The van der Waals surface area contributed by atoms with Gasteiger partial charge in [-0.15, -0.1) is 0 Å². The maximum Gasteiger partial charge on any atom is 0.223 e. The number of nitrogens with two attached hydrogens (primary N) is 1. The van der Waals surface area contributed by atoms with E-state index in [0.29, 0.717) is 18.3 Å². The molecule has 2 unspecified atom stereocenters. The number of benzene rings is 1. The summed E-state index contributed by atoms with van der Waals surface area (Å²) in [6, 6.07) is 7.73. The zero-order valence-corrected chi connectivity index (χ0v) is 10.4. The zero-order valence-electron chi connectivity index (χ0n) is 10.4. The van der Waals surface area contributed by atoms with Crippen molar-refractivity contribution in [1.82, 2.24) is 10.1 Å². The number of ether oxygens (including phenoxy) is 1. The fourth-order valence-corrected chi connectivity index (χ4v) is 2.35. The predicted octanol–water partition coefficient (Wildman–Crippen LogP) is 1.61. The van der Waals surface area contributed by atoms with Crippen molar-refractivity contribution in [3.63, 3.8) is 0 Å². The summed E-state index contributed by atoms with van der Waals surface area (Å²) in [6.07, 6.45) is 0. The molecule has 94 valence electrons. The monoisotopic (exact) mass is 245 g/mol. The molecule has 1 aliphatic rings. The molecule has 5 nitrogen and oxygen atoms in total. The summed E-state index contributed by atoms with van der Waals surface area (Å²) in [6.45, 7) is 4.33. The van der Waals surface area contributed by atoms with Crippen LogP contribution in [0.25, 0.3) is 0 Å². The third-order valence-corrected chi connectivity index (χ3v) is 3.50. The Kier molecular flexibility index (Phi) is 2.38. The molecule has 2 aromatic rings. The van der Waals surface area contributed by atoms with Crippen LogP contribution >= 0.6 is 0 Å². The number of nitrogens with zero attached hydrogens (tertiary/aromatic N) is 2. The number of fused-ring (bicyclic) bond motifs is 1. The summed E-state index contributed by atoms with van der Waals surface area (Å²) in [4.78, 5) is 4.30. The van der Waals surface area contributed by atoms with Gasteiger partial charge in [-0.2, -0.15) is 4.98 Å². The zero-order chi connectivity index (χ0) is 12.8. The van der Waals surface area contributed by atoms with Crippen molar-refractivity contribution in [2.24, 2.45) is 11.7 Å². The van der Waals surface area contributed by atoms with E-state index in [0.717, 1.165) is 11.3 Å². The normalized spacial score (nSPS) is 26.5. The molecule has 0 aliphatic carbocycles. The van der Waals surface area contributed by atoms with E-state index in [1.54, 1.807) is 6.92 Å². The molecule has 0 saturated carbocycles. The third-order valence-electron chi connectivity index (χ3n) is 3.50. The Hall–Kier alpha value is -1.88. The Labute approximate surface area is 105 Å². The molecular formula is C13H15N3O2. The van der Waals surface area contributed by atoms with Crippen LogP contribution in [0.5, 0.6) is 5.75 Å². The van der Waals surface area contributed by atoms with Crippen molar-refractivity contribution >= 4 is 0 Å². The maximum atomic E-state index is 6.58. The van der Waals surface area contributed by atoms with Gasteiger partial charge in [-0.3, -0.25) is 0 Å². The summed E-state index contributed by atoms with van der Waals surface area (Å²) >= 11 is 0. The van der Waals surface area contributed by atoms with Crippen molar-refractivity contribution in [1.29, 1.82) is 0 Å². The smallest absolute Gasteiger partial charge is 0.223 e. The van der Waals surface area contributed by atoms with Gasteiger partial charge in [0.15, 0.2) is 5.82 Å². The lowest BCUT2D eigenvalue weighted by atomic mass is 9.77. The predicted molar refractivity (Wildman–Crippen MR) is 65.1 cm³/mol. The molecule has 1 aromatic heterocycles. The first kappa shape index (κ1) is 11.2. The van der Waals surface area contributed by atoms with Crippen LogP contribution in [0.2, 0.25) is 0 Å². The van der Waals surface area contributed by atoms with Gasteiger partial charge in [-0.25, -0.2) is 0 Å². The number of hydrogen-bond acceptors (Lipinski definition) is 5. The highest BCUT2D eigenvalue weighted by Gasteiger charge is 2.45. The van der Waals surface area contributed by atoms with Crippen molar-refractivity contribution in [3.8, 4) is 5.75 Å². The Morgan fingerprint density at radius 1 is 1.39 bits per heavy atom. The van der Waals surface area contributed by atoms with Crippen LogP contribution in [0.3, 0.4) is 0 Å². The van der Waals surface area contributed by atoms with Crippen LogP contribution in [-0.4, -0.2) is 16.7 Å². The topological polar surface area (TPSA) is 74.2 Å². The van der Waals surface area contributed by atoms with Gasteiger partial charge >= 0.3 is 0 Å². The second-order valence-electron chi connectivity index (χ2n) is 4.71. The van der Waals surface area contributed by atoms with Gasteiger partial charge in [0.1, 0.15) is 11.3 Å². The van der Waals surface area contributed by atoms with Crippen LogP contribution in [0, 0.1) is 12.8 Å². The minimum Gasteiger partial charge on any atom is -0.493 e. The van der Waals surface area contributed by atoms with Crippen LogP contribution in [0.4, 0.5) is 0 Å². The van der Waals surface area contributed by atoms with Gasteiger partial charge in [0.2, 0.25) is 5.89 Å². The summed E-state index contributed by atoms with van der Waals surface area (Å²) < 4.78 is 10.8. The minimum absolute atomic E-state index is 0.0735. The highest BCUT2D eigenvalue weighted by molar-refractivity contribution is 5.45. The lowest BCUT2D eigenvalue weighted by molar-refractivity contribution is 0.160. The number of para-hydroxylation sites is 1. The summed E-state index contributed by atoms with van der Waals surface area (Å²) in [7, 11) is 0. The Balaban J connectivity index is 2.20. The molecule has 0 radical (unpaired) electrons. The average molecular weight is 245 g/mol. The number of aryl methyl sites for hydroxylation is 1. The first-order valence-electron chi connectivity index (χ1n) is 5.94. The molecule has 0 saturated heterocycles. The van der Waals surface area contributed by atoms with E-state index in [2.05, 4.69) is 10.1 Å². The van der Waals surface area contributed by atoms with E-state index >= 15 is 0 Å². The summed E-state index contributed by atoms with van der Waals surface area (Å²) in [5, 5.41) is 3.99. The van der Waals surface area contributed by atoms with E-state index in [9.17, 15) is 0 Å². The lowest BCUT2D eigenvalue weighted by Gasteiger charge is -2.38. The van der Waals surface area contributed by atoms with Crippen LogP contribution in [-0.2, 0) is 5.54 Å². The van der Waals surface area contributed by atoms with Gasteiger partial charge in [-0.1, -0.05) is 30.3 Å². The largest absolute Gasteiger partial charge is 0.493 e. The molecule has 0 spiro atoms. The Morgan fingerprint density at radius 3 is 2.89 bits per heavy atom. The Morgan fingerprint density at radius 2 is 2.17 bits per heavy atom. The molecule has 1 aliphatic heterocycles. The number of rotatable bonds is 1. The minimum atomic E-state index is -0.757. The standard InChI is InChI=1S/C13H15N3O2/c1-8-7-17-11-6-4-3-5-10(11)13(8,14)12-15-9(2)18-16-12/h3-6,8H,7,14H2,1-2H3. The first-order chi connectivity index (χ1) is 8.62. The van der Waals surface area contributed by atoms with Gasteiger partial charge < -0.3 is 15.0 Å². The molecule has 0 bridgehead atoms. The van der Waals surface area contributed by atoms with Crippen molar-refractivity contribution in [3.05, 3.63) is 41.5 Å². The maximum absolute atomic E-state index is 6.58. The van der Waals surface area contributed by atoms with Gasteiger partial charge in [0, 0.05) is 18.4 Å². The second kappa shape index (κ2) is 3.81. The van der Waals surface area contributed by atoms with Crippen LogP contribution in [0.15, 0.2) is 28.8 Å². The van der Waals surface area contributed by atoms with Gasteiger partial charge in [0.25, 0.3) is 0 Å². The third kappa shape index (κ3) is 1.44. The van der Waals surface area contributed by atoms with Gasteiger partial charge in [-0.05, 0) is 6.07 Å². The van der Waals surface area contributed by atoms with E-state index in [-0.39, 0.29) is 5.92 Å². The molecule has 0 fully saturated rings. The van der Waals surface area contributed by atoms with Gasteiger partial charge in [0.05, 0.1) is 6.61 Å². The highest BCUT2D eigenvalue weighted by atomic mass is 16.5. The Bertz CT molecular complexity index is 581. The SMILES string of the molecule is Cc1nc(C2(N)c3ccccc3OCC2C)no1. The van der Waals surface area contributed by atoms with Crippen LogP contribution < -0.4 is 10.5 Å². The molecule has 2 atom stereocenters. The molecule has 2 heterocycles. The van der Waals surface area contributed by atoms with E-state index in [4.69, 9.17) is 15.0 Å². The number of hydrogen-bond donors (Lipinski definition) is 1. The quantitative estimate of drug-likeness (QED) is 0.826. The highest BCUT2D eigenvalue weighted by Crippen LogP contribution is 2.41. The summed E-state index contributed by atoms with van der Waals surface area (Å²) in [5.41, 5.74) is 6.73. The molecule has 18 heavy (non-hydrogen) atoms. The first-order valence-corrected chi connectivity index (χ1v) is 5.94. The van der Waals surface area contributed by atoms with E-state index in [1.165, 1.54) is 0 Å². The van der Waals surface area contributed by atoms with Crippen molar-refractivity contribution in [2.45, 2.75) is 19.4 Å². The fraction of sp³-hybridized carbons (Fsp3) is 0.385. The number of aromatic nitrogens is 2. The fourth-order valence-electron chi connectivity index (χ4n) is 2.35. The van der Waals surface area contributed by atoms with E-state index < -0.39 is 5.54 Å².